The summed E-state index contributed by atoms with van der Waals surface area (Å²) in [6.07, 6.45) is 0.801. The molecule has 0 saturated carbocycles. The highest BCUT2D eigenvalue weighted by Gasteiger charge is 2.17. The van der Waals surface area contributed by atoms with Gasteiger partial charge in [0.15, 0.2) is 0 Å². The number of carbonyl (C=O) groups is 1. The van der Waals surface area contributed by atoms with E-state index in [1.54, 1.807) is 13.0 Å². The molecule has 0 radical (unpaired) electrons. The third-order valence-corrected chi connectivity index (χ3v) is 4.47. The van der Waals surface area contributed by atoms with Crippen molar-refractivity contribution in [2.45, 2.75) is 27.2 Å². The second-order valence-corrected chi connectivity index (χ2v) is 6.32. The normalized spacial score (nSPS) is 10.7. The number of furan rings is 1. The molecule has 0 atom stereocenters. The number of anilines is 1. The number of nitrogens with one attached hydrogen (secondary N) is 1. The van der Waals surface area contributed by atoms with Crippen molar-refractivity contribution in [2.24, 2.45) is 0 Å². The molecule has 1 aromatic carbocycles. The minimum Gasteiger partial charge on any atom is -0.461 e. The van der Waals surface area contributed by atoms with Crippen LogP contribution in [0.5, 0.6) is 0 Å². The SMILES string of the molecule is CCc1nnc(NC(=O)c2cc(-c3ccc(C)cc3)oc2C)s1. The average Bonchev–Trinajstić information content (AvgIpc) is 3.14. The Morgan fingerprint density at radius 3 is 2.61 bits per heavy atom. The molecular formula is C17H17N3O2S. The zero-order valence-corrected chi connectivity index (χ0v) is 14.0. The van der Waals surface area contributed by atoms with Crippen LogP contribution < -0.4 is 5.32 Å². The quantitative estimate of drug-likeness (QED) is 0.778. The summed E-state index contributed by atoms with van der Waals surface area (Å²) in [7, 11) is 0. The molecule has 0 fully saturated rings. The van der Waals surface area contributed by atoms with Gasteiger partial charge in [0.1, 0.15) is 16.5 Å². The van der Waals surface area contributed by atoms with Crippen LogP contribution in [-0.2, 0) is 6.42 Å². The Hall–Kier alpha value is -2.47. The molecule has 0 aliphatic carbocycles. The lowest BCUT2D eigenvalue weighted by atomic mass is 10.1. The first-order valence-corrected chi connectivity index (χ1v) is 8.19. The van der Waals surface area contributed by atoms with Gasteiger partial charge in [-0.3, -0.25) is 10.1 Å². The van der Waals surface area contributed by atoms with Crippen LogP contribution in [0.4, 0.5) is 5.13 Å². The van der Waals surface area contributed by atoms with Crippen LogP contribution in [0.2, 0.25) is 0 Å². The van der Waals surface area contributed by atoms with E-state index >= 15 is 0 Å². The van der Waals surface area contributed by atoms with Crippen LogP contribution in [0.1, 0.15) is 33.6 Å². The molecule has 0 bridgehead atoms. The number of aryl methyl sites for hydroxylation is 3. The van der Waals surface area contributed by atoms with Crippen molar-refractivity contribution in [1.82, 2.24) is 10.2 Å². The van der Waals surface area contributed by atoms with Crippen molar-refractivity contribution in [2.75, 3.05) is 5.32 Å². The van der Waals surface area contributed by atoms with Crippen molar-refractivity contribution in [3.8, 4) is 11.3 Å². The van der Waals surface area contributed by atoms with Gasteiger partial charge in [0, 0.05) is 5.56 Å². The summed E-state index contributed by atoms with van der Waals surface area (Å²) in [5, 5.41) is 12.1. The Balaban J connectivity index is 1.82. The number of carbonyl (C=O) groups excluding carboxylic acids is 1. The van der Waals surface area contributed by atoms with E-state index in [2.05, 4.69) is 15.5 Å². The second kappa shape index (κ2) is 6.34. The van der Waals surface area contributed by atoms with Gasteiger partial charge < -0.3 is 4.42 Å². The molecule has 0 aliphatic heterocycles. The molecule has 23 heavy (non-hydrogen) atoms. The lowest BCUT2D eigenvalue weighted by Gasteiger charge is -1.98. The fraction of sp³-hybridized carbons (Fsp3) is 0.235. The van der Waals surface area contributed by atoms with E-state index in [0.29, 0.717) is 22.2 Å². The smallest absolute Gasteiger partial charge is 0.261 e. The Morgan fingerprint density at radius 1 is 1.22 bits per heavy atom. The molecule has 6 heteroatoms. The number of hydrogen-bond donors (Lipinski definition) is 1. The van der Waals surface area contributed by atoms with Gasteiger partial charge in [-0.05, 0) is 26.3 Å². The van der Waals surface area contributed by atoms with Crippen LogP contribution in [0, 0.1) is 13.8 Å². The van der Waals surface area contributed by atoms with Gasteiger partial charge in [-0.25, -0.2) is 0 Å². The second-order valence-electron chi connectivity index (χ2n) is 5.26. The molecule has 0 saturated heterocycles. The molecule has 5 nitrogen and oxygen atoms in total. The maximum absolute atomic E-state index is 12.4. The highest BCUT2D eigenvalue weighted by atomic mass is 32.1. The van der Waals surface area contributed by atoms with Gasteiger partial charge >= 0.3 is 0 Å². The first-order chi connectivity index (χ1) is 11.1. The van der Waals surface area contributed by atoms with Crippen LogP contribution in [0.3, 0.4) is 0 Å². The Bertz CT molecular complexity index is 834. The van der Waals surface area contributed by atoms with Crippen molar-refractivity contribution in [3.63, 3.8) is 0 Å². The van der Waals surface area contributed by atoms with E-state index in [0.717, 1.165) is 17.0 Å². The maximum Gasteiger partial charge on any atom is 0.261 e. The minimum absolute atomic E-state index is 0.233. The molecule has 3 aromatic rings. The zero-order chi connectivity index (χ0) is 16.4. The van der Waals surface area contributed by atoms with Gasteiger partial charge in [0.2, 0.25) is 5.13 Å². The topological polar surface area (TPSA) is 68.0 Å². The maximum atomic E-state index is 12.4. The number of aromatic nitrogens is 2. The standard InChI is InChI=1S/C17H17N3O2S/c1-4-15-19-20-17(23-15)18-16(21)13-9-14(22-11(13)3)12-7-5-10(2)6-8-12/h5-9H,4H2,1-3H3,(H,18,20,21). The van der Waals surface area contributed by atoms with Gasteiger partial charge in [-0.15, -0.1) is 10.2 Å². The summed E-state index contributed by atoms with van der Waals surface area (Å²) in [6, 6.07) is 9.75. The summed E-state index contributed by atoms with van der Waals surface area (Å²) in [4.78, 5) is 12.4. The van der Waals surface area contributed by atoms with Crippen molar-refractivity contribution < 1.29 is 9.21 Å². The summed E-state index contributed by atoms with van der Waals surface area (Å²) in [6.45, 7) is 5.81. The number of rotatable bonds is 4. The molecular weight excluding hydrogens is 310 g/mol. The van der Waals surface area contributed by atoms with Gasteiger partial charge in [0.25, 0.3) is 5.91 Å². The molecule has 1 N–H and O–H groups in total. The van der Waals surface area contributed by atoms with E-state index in [9.17, 15) is 4.79 Å². The highest BCUT2D eigenvalue weighted by Crippen LogP contribution is 2.26. The first kappa shape index (κ1) is 15.4. The van der Waals surface area contributed by atoms with E-state index in [-0.39, 0.29) is 5.91 Å². The summed E-state index contributed by atoms with van der Waals surface area (Å²) in [5.74, 6) is 1.03. The molecule has 1 amide bonds. The summed E-state index contributed by atoms with van der Waals surface area (Å²) in [5.41, 5.74) is 2.63. The number of hydrogen-bond acceptors (Lipinski definition) is 5. The van der Waals surface area contributed by atoms with Crippen LogP contribution in [0.15, 0.2) is 34.7 Å². The van der Waals surface area contributed by atoms with Crippen LogP contribution in [0.25, 0.3) is 11.3 Å². The molecule has 2 aromatic heterocycles. The molecule has 2 heterocycles. The zero-order valence-electron chi connectivity index (χ0n) is 13.2. The lowest BCUT2D eigenvalue weighted by Crippen LogP contribution is -2.11. The van der Waals surface area contributed by atoms with Gasteiger partial charge in [-0.2, -0.15) is 0 Å². The van der Waals surface area contributed by atoms with E-state index in [1.165, 1.54) is 16.9 Å². The number of amides is 1. The van der Waals surface area contributed by atoms with Crippen LogP contribution >= 0.6 is 11.3 Å². The minimum atomic E-state index is -0.233. The Labute approximate surface area is 138 Å². The molecule has 0 spiro atoms. The average molecular weight is 327 g/mol. The predicted molar refractivity (Wildman–Crippen MR) is 90.9 cm³/mol. The molecule has 0 unspecified atom stereocenters. The number of benzene rings is 1. The van der Waals surface area contributed by atoms with Crippen molar-refractivity contribution in [3.05, 3.63) is 52.2 Å². The molecule has 0 aliphatic rings. The van der Waals surface area contributed by atoms with Gasteiger partial charge in [0.05, 0.1) is 5.56 Å². The van der Waals surface area contributed by atoms with Crippen molar-refractivity contribution in [1.29, 1.82) is 0 Å². The fourth-order valence-corrected chi connectivity index (χ4v) is 2.85. The first-order valence-electron chi connectivity index (χ1n) is 7.38. The predicted octanol–water partition coefficient (Wildman–Crippen LogP) is 4.23. The third kappa shape index (κ3) is 3.32. The van der Waals surface area contributed by atoms with E-state index in [4.69, 9.17) is 4.42 Å². The molecule has 118 valence electrons. The highest BCUT2D eigenvalue weighted by molar-refractivity contribution is 7.15. The van der Waals surface area contributed by atoms with E-state index < -0.39 is 0 Å². The lowest BCUT2D eigenvalue weighted by molar-refractivity contribution is 0.102. The largest absolute Gasteiger partial charge is 0.461 e. The van der Waals surface area contributed by atoms with Crippen LogP contribution in [-0.4, -0.2) is 16.1 Å². The Morgan fingerprint density at radius 2 is 1.96 bits per heavy atom. The summed E-state index contributed by atoms with van der Waals surface area (Å²) >= 11 is 1.38. The summed E-state index contributed by atoms with van der Waals surface area (Å²) < 4.78 is 5.73. The monoisotopic (exact) mass is 327 g/mol. The van der Waals surface area contributed by atoms with Gasteiger partial charge in [-0.1, -0.05) is 48.1 Å². The van der Waals surface area contributed by atoms with Crippen molar-refractivity contribution >= 4 is 22.4 Å². The Kier molecular flexibility index (Phi) is 4.25. The molecule has 3 rings (SSSR count). The van der Waals surface area contributed by atoms with E-state index in [1.807, 2.05) is 38.1 Å². The third-order valence-electron chi connectivity index (χ3n) is 3.49. The number of nitrogens with zero attached hydrogens (tertiary/aromatic N) is 2. The fourth-order valence-electron chi connectivity index (χ4n) is 2.18.